The third-order valence-electron chi connectivity index (χ3n) is 4.86. The van der Waals surface area contributed by atoms with Crippen molar-refractivity contribution in [3.8, 4) is 0 Å². The fourth-order valence-corrected chi connectivity index (χ4v) is 4.06. The molecule has 0 bridgehead atoms. The van der Waals surface area contributed by atoms with Crippen LogP contribution in [0.15, 0.2) is 28.7 Å². The third-order valence-corrected chi connectivity index (χ3v) is 5.39. The van der Waals surface area contributed by atoms with Crippen LogP contribution in [0.25, 0.3) is 0 Å². The number of nitrogens with two attached hydrogens (primary N) is 1. The monoisotopic (exact) mass is 337 g/mol. The fourth-order valence-electron chi connectivity index (χ4n) is 3.79. The Bertz CT molecular complexity index is 448. The summed E-state index contributed by atoms with van der Waals surface area (Å²) < 4.78 is 1.13. The Balaban J connectivity index is 1.79. The highest BCUT2D eigenvalue weighted by atomic mass is 79.9. The van der Waals surface area contributed by atoms with Gasteiger partial charge in [0.1, 0.15) is 0 Å². The van der Waals surface area contributed by atoms with Crippen molar-refractivity contribution < 1.29 is 0 Å². The van der Waals surface area contributed by atoms with E-state index < -0.39 is 0 Å². The van der Waals surface area contributed by atoms with E-state index >= 15 is 0 Å². The van der Waals surface area contributed by atoms with Gasteiger partial charge in [-0.3, -0.25) is 9.80 Å². The van der Waals surface area contributed by atoms with E-state index in [0.29, 0.717) is 18.6 Å². The smallest absolute Gasteiger partial charge is 0.0474 e. The van der Waals surface area contributed by atoms with Crippen molar-refractivity contribution in [3.05, 3.63) is 34.3 Å². The van der Waals surface area contributed by atoms with E-state index in [2.05, 4.69) is 56.9 Å². The highest BCUT2D eigenvalue weighted by molar-refractivity contribution is 9.10. The first kappa shape index (κ1) is 14.5. The number of fused-ring (bicyclic) bond motifs is 1. The van der Waals surface area contributed by atoms with E-state index in [-0.39, 0.29) is 0 Å². The molecule has 2 fully saturated rings. The third kappa shape index (κ3) is 2.80. The zero-order chi connectivity index (χ0) is 14.1. The van der Waals surface area contributed by atoms with Crippen LogP contribution in [-0.4, -0.2) is 48.1 Å². The highest BCUT2D eigenvalue weighted by Crippen LogP contribution is 2.31. The summed E-state index contributed by atoms with van der Waals surface area (Å²) in [6.45, 7) is 6.68. The molecule has 3 atom stereocenters. The Hall–Kier alpha value is -0.420. The van der Waals surface area contributed by atoms with Crippen LogP contribution in [0.1, 0.15) is 31.4 Å². The van der Waals surface area contributed by atoms with Crippen molar-refractivity contribution in [1.29, 1.82) is 0 Å². The Morgan fingerprint density at radius 3 is 2.75 bits per heavy atom. The number of rotatable bonds is 3. The first-order chi connectivity index (χ1) is 9.69. The van der Waals surface area contributed by atoms with Gasteiger partial charge in [0.15, 0.2) is 0 Å². The topological polar surface area (TPSA) is 32.5 Å². The molecule has 4 heteroatoms. The summed E-state index contributed by atoms with van der Waals surface area (Å²) in [6, 6.07) is 10.3. The lowest BCUT2D eigenvalue weighted by Gasteiger charge is -2.46. The normalized spacial score (nSPS) is 29.4. The molecule has 2 aliphatic rings. The molecule has 0 saturated carbocycles. The van der Waals surface area contributed by atoms with Crippen molar-refractivity contribution in [2.24, 2.45) is 5.73 Å². The minimum absolute atomic E-state index is 0.348. The van der Waals surface area contributed by atoms with Crippen LogP contribution >= 0.6 is 15.9 Å². The standard InChI is InChI=1S/C16H24BrN3/c1-12-10-19-8-2-3-15(19)11-20(12)16(9-18)13-4-6-14(17)7-5-13/h4-7,12,15-16H,2-3,8-11,18H2,1H3. The number of benzene rings is 1. The van der Waals surface area contributed by atoms with Crippen LogP contribution < -0.4 is 5.73 Å². The van der Waals surface area contributed by atoms with Crippen molar-refractivity contribution in [1.82, 2.24) is 9.80 Å². The molecule has 0 aromatic heterocycles. The zero-order valence-corrected chi connectivity index (χ0v) is 13.7. The maximum absolute atomic E-state index is 6.11. The summed E-state index contributed by atoms with van der Waals surface area (Å²) in [7, 11) is 0. The van der Waals surface area contributed by atoms with Gasteiger partial charge in [0.2, 0.25) is 0 Å². The molecule has 0 aliphatic carbocycles. The molecule has 0 radical (unpaired) electrons. The molecule has 3 rings (SSSR count). The number of hydrogen-bond acceptors (Lipinski definition) is 3. The van der Waals surface area contributed by atoms with E-state index in [0.717, 1.165) is 10.5 Å². The lowest BCUT2D eigenvalue weighted by Crippen LogP contribution is -2.56. The first-order valence-corrected chi connectivity index (χ1v) is 8.43. The van der Waals surface area contributed by atoms with Gasteiger partial charge in [-0.1, -0.05) is 28.1 Å². The molecule has 0 spiro atoms. The number of halogens is 1. The lowest BCUT2D eigenvalue weighted by molar-refractivity contribution is 0.0296. The largest absolute Gasteiger partial charge is 0.329 e. The van der Waals surface area contributed by atoms with Crippen molar-refractivity contribution in [2.75, 3.05) is 26.2 Å². The van der Waals surface area contributed by atoms with Crippen LogP contribution in [0.4, 0.5) is 0 Å². The average Bonchev–Trinajstić information content (AvgIpc) is 2.89. The van der Waals surface area contributed by atoms with E-state index in [1.807, 2.05) is 0 Å². The van der Waals surface area contributed by atoms with Crippen LogP contribution in [0.5, 0.6) is 0 Å². The number of hydrogen-bond donors (Lipinski definition) is 1. The number of nitrogens with zero attached hydrogens (tertiary/aromatic N) is 2. The predicted molar refractivity (Wildman–Crippen MR) is 86.7 cm³/mol. The van der Waals surface area contributed by atoms with Crippen LogP contribution in [-0.2, 0) is 0 Å². The van der Waals surface area contributed by atoms with E-state index in [9.17, 15) is 0 Å². The average molecular weight is 338 g/mol. The lowest BCUT2D eigenvalue weighted by atomic mass is 9.99. The van der Waals surface area contributed by atoms with Gasteiger partial charge >= 0.3 is 0 Å². The summed E-state index contributed by atoms with van der Waals surface area (Å²) in [5.74, 6) is 0. The molecule has 1 aromatic carbocycles. The summed E-state index contributed by atoms with van der Waals surface area (Å²) in [6.07, 6.45) is 2.71. The quantitative estimate of drug-likeness (QED) is 0.920. The highest BCUT2D eigenvalue weighted by Gasteiger charge is 2.37. The van der Waals surface area contributed by atoms with Gasteiger partial charge in [0, 0.05) is 42.2 Å². The molecule has 1 aromatic rings. The van der Waals surface area contributed by atoms with Crippen molar-refractivity contribution in [2.45, 2.75) is 37.9 Å². The molecular weight excluding hydrogens is 314 g/mol. The Kier molecular flexibility index (Phi) is 4.46. The minimum Gasteiger partial charge on any atom is -0.329 e. The summed E-state index contributed by atoms with van der Waals surface area (Å²) >= 11 is 3.51. The molecule has 2 N–H and O–H groups in total. The maximum atomic E-state index is 6.11. The number of piperazine rings is 1. The van der Waals surface area contributed by atoms with Gasteiger partial charge in [-0.05, 0) is 44.0 Å². The van der Waals surface area contributed by atoms with Crippen LogP contribution in [0, 0.1) is 0 Å². The predicted octanol–water partition coefficient (Wildman–Crippen LogP) is 2.62. The SMILES string of the molecule is CC1CN2CCCC2CN1C(CN)c1ccc(Br)cc1. The fraction of sp³-hybridized carbons (Fsp3) is 0.625. The second-order valence-electron chi connectivity index (χ2n) is 6.14. The molecule has 2 saturated heterocycles. The second-order valence-corrected chi connectivity index (χ2v) is 7.06. The molecule has 20 heavy (non-hydrogen) atoms. The summed E-state index contributed by atoms with van der Waals surface area (Å²) in [5, 5.41) is 0. The van der Waals surface area contributed by atoms with Gasteiger partial charge in [0.25, 0.3) is 0 Å². The zero-order valence-electron chi connectivity index (χ0n) is 12.1. The Morgan fingerprint density at radius 1 is 1.30 bits per heavy atom. The molecule has 0 amide bonds. The Labute approximate surface area is 130 Å². The maximum Gasteiger partial charge on any atom is 0.0474 e. The van der Waals surface area contributed by atoms with Gasteiger partial charge in [-0.2, -0.15) is 0 Å². The van der Waals surface area contributed by atoms with Gasteiger partial charge in [-0.25, -0.2) is 0 Å². The van der Waals surface area contributed by atoms with E-state index in [4.69, 9.17) is 5.73 Å². The van der Waals surface area contributed by atoms with Gasteiger partial charge in [-0.15, -0.1) is 0 Å². The molecule has 3 unspecified atom stereocenters. The van der Waals surface area contributed by atoms with Gasteiger partial charge < -0.3 is 5.73 Å². The van der Waals surface area contributed by atoms with E-state index in [1.54, 1.807) is 0 Å². The molecular formula is C16H24BrN3. The minimum atomic E-state index is 0.348. The summed E-state index contributed by atoms with van der Waals surface area (Å²) in [4.78, 5) is 5.28. The molecule has 2 heterocycles. The molecule has 2 aliphatic heterocycles. The second kappa shape index (κ2) is 6.14. The van der Waals surface area contributed by atoms with Crippen molar-refractivity contribution >= 4 is 15.9 Å². The Morgan fingerprint density at radius 2 is 2.05 bits per heavy atom. The summed E-state index contributed by atoms with van der Waals surface area (Å²) in [5.41, 5.74) is 7.45. The van der Waals surface area contributed by atoms with Crippen LogP contribution in [0.2, 0.25) is 0 Å². The van der Waals surface area contributed by atoms with Gasteiger partial charge in [0.05, 0.1) is 0 Å². The molecule has 110 valence electrons. The first-order valence-electron chi connectivity index (χ1n) is 7.64. The van der Waals surface area contributed by atoms with Crippen LogP contribution in [0.3, 0.4) is 0 Å². The van der Waals surface area contributed by atoms with E-state index in [1.165, 1.54) is 38.0 Å². The molecule has 3 nitrogen and oxygen atoms in total. The van der Waals surface area contributed by atoms with Crippen molar-refractivity contribution in [3.63, 3.8) is 0 Å².